The molecule has 0 bridgehead atoms. The maximum atomic E-state index is 11.5. The van der Waals surface area contributed by atoms with Gasteiger partial charge in [-0.25, -0.2) is 4.79 Å². The van der Waals surface area contributed by atoms with Gasteiger partial charge in [-0.3, -0.25) is 4.79 Å². The minimum atomic E-state index is -1.46. The van der Waals surface area contributed by atoms with Crippen molar-refractivity contribution in [1.29, 1.82) is 0 Å². The third kappa shape index (κ3) is 4.14. The highest BCUT2D eigenvalue weighted by molar-refractivity contribution is 7.10. The molecule has 0 aliphatic rings. The largest absolute Gasteiger partial charge is 0.479 e. The minimum absolute atomic E-state index is 0.0434. The van der Waals surface area contributed by atoms with E-state index in [1.807, 2.05) is 5.38 Å². The van der Waals surface area contributed by atoms with Gasteiger partial charge in [0.05, 0.1) is 0 Å². The van der Waals surface area contributed by atoms with Crippen LogP contribution in [0.15, 0.2) is 17.5 Å². The monoisotopic (exact) mass is 258 g/mol. The molecule has 5 N–H and O–H groups in total. The number of nitrogens with one attached hydrogen (secondary N) is 1. The topological polar surface area (TPSA) is 113 Å². The number of amides is 1. The summed E-state index contributed by atoms with van der Waals surface area (Å²) in [6.45, 7) is 0.0748. The molecule has 17 heavy (non-hydrogen) atoms. The first-order valence-corrected chi connectivity index (χ1v) is 5.88. The molecular weight excluding hydrogens is 244 g/mol. The molecule has 0 aromatic carbocycles. The summed E-state index contributed by atoms with van der Waals surface area (Å²) in [6, 6.07) is 2.79. The van der Waals surface area contributed by atoms with E-state index >= 15 is 0 Å². The highest BCUT2D eigenvalue weighted by Crippen LogP contribution is 2.16. The summed E-state index contributed by atoms with van der Waals surface area (Å²) in [5.74, 6) is -1.69. The second kappa shape index (κ2) is 6.33. The maximum absolute atomic E-state index is 11.5. The lowest BCUT2D eigenvalue weighted by Gasteiger charge is -2.11. The predicted molar refractivity (Wildman–Crippen MR) is 62.5 cm³/mol. The molecule has 7 heteroatoms. The lowest BCUT2D eigenvalue weighted by atomic mass is 10.2. The number of carbonyl (C=O) groups is 2. The molecule has 1 heterocycles. The van der Waals surface area contributed by atoms with Crippen molar-refractivity contribution in [2.24, 2.45) is 5.73 Å². The molecule has 0 fully saturated rings. The van der Waals surface area contributed by atoms with Gasteiger partial charge in [-0.15, -0.1) is 11.3 Å². The van der Waals surface area contributed by atoms with Crippen LogP contribution in [0.3, 0.4) is 0 Å². The van der Waals surface area contributed by atoms with Crippen molar-refractivity contribution >= 4 is 23.2 Å². The third-order valence-corrected chi connectivity index (χ3v) is 3.09. The molecule has 1 aromatic rings. The van der Waals surface area contributed by atoms with Crippen LogP contribution in [0.2, 0.25) is 0 Å². The van der Waals surface area contributed by atoms with Crippen molar-refractivity contribution in [2.45, 2.75) is 18.6 Å². The fourth-order valence-corrected chi connectivity index (χ4v) is 1.89. The van der Waals surface area contributed by atoms with E-state index in [9.17, 15) is 9.59 Å². The van der Waals surface area contributed by atoms with Gasteiger partial charge in [0.25, 0.3) is 0 Å². The van der Waals surface area contributed by atoms with Crippen molar-refractivity contribution in [3.05, 3.63) is 22.4 Å². The Balaban J connectivity index is 2.33. The zero-order valence-electron chi connectivity index (χ0n) is 9.00. The maximum Gasteiger partial charge on any atom is 0.332 e. The number of rotatable bonds is 6. The molecule has 2 unspecified atom stereocenters. The van der Waals surface area contributed by atoms with Gasteiger partial charge in [-0.05, 0) is 11.4 Å². The van der Waals surface area contributed by atoms with E-state index < -0.39 is 18.1 Å². The van der Waals surface area contributed by atoms with Gasteiger partial charge in [-0.2, -0.15) is 0 Å². The molecule has 0 aliphatic carbocycles. The Morgan fingerprint density at radius 1 is 1.53 bits per heavy atom. The van der Waals surface area contributed by atoms with Crippen molar-refractivity contribution < 1.29 is 19.8 Å². The zero-order chi connectivity index (χ0) is 12.8. The van der Waals surface area contributed by atoms with Gasteiger partial charge in [0, 0.05) is 17.8 Å². The Bertz CT molecular complexity index is 380. The van der Waals surface area contributed by atoms with Crippen LogP contribution in [0.25, 0.3) is 0 Å². The van der Waals surface area contributed by atoms with Gasteiger partial charge >= 0.3 is 5.97 Å². The van der Waals surface area contributed by atoms with Gasteiger partial charge in [0.15, 0.2) is 6.10 Å². The Morgan fingerprint density at radius 2 is 2.24 bits per heavy atom. The second-order valence-corrected chi connectivity index (χ2v) is 4.41. The highest BCUT2D eigenvalue weighted by Gasteiger charge is 2.17. The molecule has 6 nitrogen and oxygen atoms in total. The van der Waals surface area contributed by atoms with Crippen molar-refractivity contribution in [3.63, 3.8) is 0 Å². The van der Waals surface area contributed by atoms with Crippen molar-refractivity contribution in [3.8, 4) is 0 Å². The summed E-state index contributed by atoms with van der Waals surface area (Å²) in [4.78, 5) is 22.6. The van der Waals surface area contributed by atoms with Crippen LogP contribution in [0.5, 0.6) is 0 Å². The first-order chi connectivity index (χ1) is 8.02. The molecule has 1 amide bonds. The summed E-state index contributed by atoms with van der Waals surface area (Å²) >= 11 is 1.37. The molecule has 0 spiro atoms. The number of aliphatic hydroxyl groups excluding tert-OH is 1. The highest BCUT2D eigenvalue weighted by atomic mass is 32.1. The first-order valence-electron chi connectivity index (χ1n) is 5.00. The summed E-state index contributed by atoms with van der Waals surface area (Å²) in [6.07, 6.45) is -1.51. The summed E-state index contributed by atoms with van der Waals surface area (Å²) in [7, 11) is 0. The lowest BCUT2D eigenvalue weighted by molar-refractivity contribution is -0.147. The molecule has 2 atom stereocenters. The van der Waals surface area contributed by atoms with Crippen LogP contribution in [0.1, 0.15) is 17.3 Å². The van der Waals surface area contributed by atoms with Gasteiger partial charge in [0.1, 0.15) is 6.04 Å². The van der Waals surface area contributed by atoms with Gasteiger partial charge in [0.2, 0.25) is 5.91 Å². The number of carboxylic acids is 1. The summed E-state index contributed by atoms with van der Waals surface area (Å²) in [5, 5.41) is 21.7. The fourth-order valence-electron chi connectivity index (χ4n) is 1.16. The van der Waals surface area contributed by atoms with E-state index in [0.717, 1.165) is 4.88 Å². The number of aliphatic carboxylic acids is 1. The number of thiophene rings is 1. The molecule has 1 aromatic heterocycles. The van der Waals surface area contributed by atoms with Crippen LogP contribution in [0.4, 0.5) is 0 Å². The van der Waals surface area contributed by atoms with Crippen LogP contribution in [-0.4, -0.2) is 34.7 Å². The second-order valence-electron chi connectivity index (χ2n) is 3.43. The number of hydrogen-bond acceptors (Lipinski definition) is 5. The third-order valence-electron chi connectivity index (χ3n) is 2.13. The Labute approximate surface area is 102 Å². The SMILES string of the molecule is NC(C(=O)NCCC(O)C(=O)O)c1cccs1. The quantitative estimate of drug-likeness (QED) is 0.559. The van der Waals surface area contributed by atoms with Crippen LogP contribution in [0, 0.1) is 0 Å². The van der Waals surface area contributed by atoms with E-state index in [2.05, 4.69) is 5.32 Å². The molecule has 1 rings (SSSR count). The average Bonchev–Trinajstić information content (AvgIpc) is 2.80. The van der Waals surface area contributed by atoms with E-state index in [4.69, 9.17) is 15.9 Å². The smallest absolute Gasteiger partial charge is 0.332 e. The molecule has 0 aliphatic heterocycles. The summed E-state index contributed by atoms with van der Waals surface area (Å²) < 4.78 is 0. The van der Waals surface area contributed by atoms with Crippen LogP contribution < -0.4 is 11.1 Å². The zero-order valence-corrected chi connectivity index (χ0v) is 9.81. The summed E-state index contributed by atoms with van der Waals surface area (Å²) in [5.41, 5.74) is 5.68. The van der Waals surface area contributed by atoms with E-state index in [0.29, 0.717) is 0 Å². The minimum Gasteiger partial charge on any atom is -0.479 e. The molecule has 0 saturated heterocycles. The molecule has 94 valence electrons. The van der Waals surface area contributed by atoms with E-state index in [1.54, 1.807) is 12.1 Å². The Morgan fingerprint density at radius 3 is 2.76 bits per heavy atom. The van der Waals surface area contributed by atoms with Gasteiger partial charge in [-0.1, -0.05) is 6.07 Å². The Hall–Kier alpha value is -1.44. The number of aliphatic hydroxyl groups is 1. The fraction of sp³-hybridized carbons (Fsp3) is 0.400. The number of carboxylic acid groups (broad SMARTS) is 1. The number of carbonyl (C=O) groups excluding carboxylic acids is 1. The molecular formula is C10H14N2O4S. The first kappa shape index (κ1) is 13.6. The molecule has 0 saturated carbocycles. The van der Waals surface area contributed by atoms with Crippen LogP contribution in [-0.2, 0) is 9.59 Å². The number of hydrogen-bond donors (Lipinski definition) is 4. The van der Waals surface area contributed by atoms with E-state index in [-0.39, 0.29) is 18.9 Å². The van der Waals surface area contributed by atoms with Gasteiger partial charge < -0.3 is 21.3 Å². The Kier molecular flexibility index (Phi) is 5.08. The van der Waals surface area contributed by atoms with Crippen LogP contribution >= 0.6 is 11.3 Å². The van der Waals surface area contributed by atoms with Crippen molar-refractivity contribution in [2.75, 3.05) is 6.54 Å². The number of nitrogens with two attached hydrogens (primary N) is 1. The molecule has 0 radical (unpaired) electrons. The standard InChI is InChI=1S/C10H14N2O4S/c11-8(7-2-1-5-17-7)9(14)12-4-3-6(13)10(15)16/h1-2,5-6,8,13H,3-4,11H2,(H,12,14)(H,15,16). The van der Waals surface area contributed by atoms with E-state index in [1.165, 1.54) is 11.3 Å². The normalized spacial score (nSPS) is 14.0. The average molecular weight is 258 g/mol. The van der Waals surface area contributed by atoms with Crippen molar-refractivity contribution in [1.82, 2.24) is 5.32 Å². The predicted octanol–water partition coefficient (Wildman–Crippen LogP) is -0.300. The lowest BCUT2D eigenvalue weighted by Crippen LogP contribution is -2.36.